The van der Waals surface area contributed by atoms with Crippen LogP contribution >= 0.6 is 0 Å². The van der Waals surface area contributed by atoms with E-state index in [1.165, 1.54) is 24.8 Å². The Balaban J connectivity index is 1.95. The van der Waals surface area contributed by atoms with Gasteiger partial charge in [0.2, 0.25) is 0 Å². The van der Waals surface area contributed by atoms with Crippen LogP contribution in [-0.4, -0.2) is 12.1 Å². The van der Waals surface area contributed by atoms with E-state index in [4.69, 9.17) is 4.74 Å². The maximum absolute atomic E-state index is 11.8. The molecule has 5 atom stereocenters. The van der Waals surface area contributed by atoms with E-state index in [0.717, 1.165) is 12.8 Å². The molecule has 17 heavy (non-hydrogen) atoms. The third kappa shape index (κ3) is 1.49. The zero-order valence-corrected chi connectivity index (χ0v) is 10.9. The van der Waals surface area contributed by atoms with Gasteiger partial charge < -0.3 is 4.74 Å². The van der Waals surface area contributed by atoms with Gasteiger partial charge in [-0.1, -0.05) is 26.0 Å². The van der Waals surface area contributed by atoms with Crippen molar-refractivity contribution < 1.29 is 9.53 Å². The summed E-state index contributed by atoms with van der Waals surface area (Å²) in [6.45, 7) is 8.66. The first-order chi connectivity index (χ1) is 8.03. The highest BCUT2D eigenvalue weighted by Gasteiger charge is 2.55. The second-order valence-electron chi connectivity index (χ2n) is 6.54. The Morgan fingerprint density at radius 1 is 1.41 bits per heavy atom. The number of fused-ring (bicyclic) bond motifs is 3. The van der Waals surface area contributed by atoms with Crippen molar-refractivity contribution in [2.75, 3.05) is 0 Å². The van der Waals surface area contributed by atoms with E-state index < -0.39 is 0 Å². The summed E-state index contributed by atoms with van der Waals surface area (Å²) in [5.74, 6) is 0.973. The first-order valence-corrected chi connectivity index (χ1v) is 6.91. The summed E-state index contributed by atoms with van der Waals surface area (Å²) in [5, 5.41) is 0. The van der Waals surface area contributed by atoms with E-state index in [2.05, 4.69) is 13.5 Å². The van der Waals surface area contributed by atoms with Gasteiger partial charge in [-0.3, -0.25) is 4.79 Å². The van der Waals surface area contributed by atoms with Gasteiger partial charge in [-0.2, -0.15) is 0 Å². The lowest BCUT2D eigenvalue weighted by molar-refractivity contribution is -0.148. The minimum atomic E-state index is 0.0163. The molecular formula is C15H22O2. The molecule has 1 heterocycles. The summed E-state index contributed by atoms with van der Waals surface area (Å²) >= 11 is 0. The van der Waals surface area contributed by atoms with Crippen LogP contribution in [0.4, 0.5) is 0 Å². The average molecular weight is 234 g/mol. The molecule has 0 bridgehead atoms. The van der Waals surface area contributed by atoms with Crippen LogP contribution in [0.3, 0.4) is 0 Å². The maximum atomic E-state index is 11.8. The van der Waals surface area contributed by atoms with E-state index in [1.54, 1.807) is 0 Å². The molecule has 0 radical (unpaired) electrons. The van der Waals surface area contributed by atoms with Crippen molar-refractivity contribution in [3.8, 4) is 0 Å². The highest BCUT2D eigenvalue weighted by Crippen LogP contribution is 2.57. The summed E-state index contributed by atoms with van der Waals surface area (Å²) in [5.41, 5.74) is 1.66. The quantitative estimate of drug-likeness (QED) is 0.475. The van der Waals surface area contributed by atoms with Gasteiger partial charge in [0.05, 0.1) is 5.92 Å². The van der Waals surface area contributed by atoms with Crippen molar-refractivity contribution in [1.82, 2.24) is 0 Å². The number of rotatable bonds is 0. The number of esters is 1. The molecule has 2 heteroatoms. The largest absolute Gasteiger partial charge is 0.461 e. The van der Waals surface area contributed by atoms with Crippen molar-refractivity contribution in [1.29, 1.82) is 0 Å². The van der Waals surface area contributed by atoms with Crippen LogP contribution in [0.5, 0.6) is 0 Å². The molecular weight excluding hydrogens is 212 g/mol. The van der Waals surface area contributed by atoms with Crippen molar-refractivity contribution in [2.24, 2.45) is 23.2 Å². The molecule has 0 spiro atoms. The van der Waals surface area contributed by atoms with Crippen LogP contribution in [0, 0.1) is 23.2 Å². The highest BCUT2D eigenvalue weighted by molar-refractivity contribution is 5.75. The van der Waals surface area contributed by atoms with Crippen molar-refractivity contribution in [3.05, 3.63) is 12.2 Å². The topological polar surface area (TPSA) is 26.3 Å². The average Bonchev–Trinajstić information content (AvgIpc) is 2.54. The standard InChI is InChI=1S/C15H22O2/c1-9-5-4-7-15(3)8-6-11-10(2)14(16)17-13(11)12(9)15/h10-13H,1,4-8H2,2-3H3/t10-,11-,12-,13+,15+/m1/s1. The fraction of sp³-hybridized carbons (Fsp3) is 0.800. The van der Waals surface area contributed by atoms with Gasteiger partial charge in [0.1, 0.15) is 6.10 Å². The van der Waals surface area contributed by atoms with Crippen LogP contribution < -0.4 is 0 Å². The van der Waals surface area contributed by atoms with E-state index >= 15 is 0 Å². The van der Waals surface area contributed by atoms with Gasteiger partial charge in [0, 0.05) is 11.8 Å². The lowest BCUT2D eigenvalue weighted by Crippen LogP contribution is -2.47. The minimum absolute atomic E-state index is 0.0163. The Morgan fingerprint density at radius 3 is 2.94 bits per heavy atom. The number of carbonyl (C=O) groups excluding carboxylic acids is 1. The molecule has 1 aliphatic heterocycles. The van der Waals surface area contributed by atoms with Crippen LogP contribution in [0.25, 0.3) is 0 Å². The van der Waals surface area contributed by atoms with Crippen molar-refractivity contribution >= 4 is 5.97 Å². The molecule has 3 aliphatic rings. The van der Waals surface area contributed by atoms with Gasteiger partial charge >= 0.3 is 5.97 Å². The Hall–Kier alpha value is -0.790. The zero-order chi connectivity index (χ0) is 12.2. The summed E-state index contributed by atoms with van der Waals surface area (Å²) < 4.78 is 5.68. The van der Waals surface area contributed by atoms with E-state index in [1.807, 2.05) is 6.92 Å². The summed E-state index contributed by atoms with van der Waals surface area (Å²) in [6, 6.07) is 0. The van der Waals surface area contributed by atoms with Gasteiger partial charge in [0.25, 0.3) is 0 Å². The smallest absolute Gasteiger partial charge is 0.309 e. The molecule has 0 unspecified atom stereocenters. The van der Waals surface area contributed by atoms with Crippen molar-refractivity contribution in [3.63, 3.8) is 0 Å². The third-order valence-corrected chi connectivity index (χ3v) is 5.50. The molecule has 1 saturated heterocycles. The molecule has 3 rings (SSSR count). The molecule has 0 aromatic heterocycles. The molecule has 0 amide bonds. The van der Waals surface area contributed by atoms with E-state index in [9.17, 15) is 4.79 Å². The minimum Gasteiger partial charge on any atom is -0.461 e. The van der Waals surface area contributed by atoms with E-state index in [0.29, 0.717) is 17.3 Å². The number of hydrogen-bond donors (Lipinski definition) is 0. The Morgan fingerprint density at radius 2 is 2.18 bits per heavy atom. The molecule has 0 aromatic rings. The number of carbonyl (C=O) groups is 1. The molecule has 2 aliphatic carbocycles. The summed E-state index contributed by atoms with van der Waals surface area (Å²) in [4.78, 5) is 11.8. The van der Waals surface area contributed by atoms with E-state index in [-0.39, 0.29) is 18.0 Å². The Labute approximate surface area is 103 Å². The first kappa shape index (κ1) is 11.3. The Bertz CT molecular complexity index is 373. The van der Waals surface area contributed by atoms with Gasteiger partial charge in [-0.15, -0.1) is 0 Å². The maximum Gasteiger partial charge on any atom is 0.309 e. The zero-order valence-electron chi connectivity index (χ0n) is 10.9. The van der Waals surface area contributed by atoms with Gasteiger partial charge in [-0.25, -0.2) is 0 Å². The van der Waals surface area contributed by atoms with Gasteiger partial charge in [-0.05, 0) is 37.5 Å². The van der Waals surface area contributed by atoms with Crippen LogP contribution in [0.15, 0.2) is 12.2 Å². The molecule has 2 saturated carbocycles. The second kappa shape index (κ2) is 3.60. The molecule has 0 N–H and O–H groups in total. The molecule has 94 valence electrons. The highest BCUT2D eigenvalue weighted by atomic mass is 16.6. The molecule has 0 aromatic carbocycles. The lowest BCUT2D eigenvalue weighted by Gasteiger charge is -2.50. The second-order valence-corrected chi connectivity index (χ2v) is 6.54. The summed E-state index contributed by atoms with van der Waals surface area (Å²) in [7, 11) is 0. The van der Waals surface area contributed by atoms with Crippen LogP contribution in [0.1, 0.15) is 46.0 Å². The van der Waals surface area contributed by atoms with Crippen LogP contribution in [-0.2, 0) is 9.53 Å². The fourth-order valence-electron chi connectivity index (χ4n) is 4.45. The number of hydrogen-bond acceptors (Lipinski definition) is 2. The normalized spacial score (nSPS) is 49.5. The summed E-state index contributed by atoms with van der Waals surface area (Å²) in [6.07, 6.45) is 6.16. The monoisotopic (exact) mass is 234 g/mol. The Kier molecular flexibility index (Phi) is 2.39. The molecule has 2 nitrogen and oxygen atoms in total. The molecule has 3 fully saturated rings. The number of ether oxygens (including phenoxy) is 1. The van der Waals surface area contributed by atoms with Crippen molar-refractivity contribution in [2.45, 2.75) is 52.1 Å². The predicted octanol–water partition coefficient (Wildman–Crippen LogP) is 3.32. The van der Waals surface area contributed by atoms with Gasteiger partial charge in [0.15, 0.2) is 0 Å². The SMILES string of the molecule is C=C1CCC[C@@]2(C)CC[C@H]3[C@H](OC(=O)[C@@H]3C)[C@@H]12. The third-order valence-electron chi connectivity index (χ3n) is 5.50. The first-order valence-electron chi connectivity index (χ1n) is 6.91. The fourth-order valence-corrected chi connectivity index (χ4v) is 4.45. The predicted molar refractivity (Wildman–Crippen MR) is 66.4 cm³/mol. The lowest BCUT2D eigenvalue weighted by atomic mass is 9.55. The van der Waals surface area contributed by atoms with Crippen LogP contribution in [0.2, 0.25) is 0 Å².